The van der Waals surface area contributed by atoms with Crippen LogP contribution in [0.5, 0.6) is 0 Å². The molecule has 0 saturated carbocycles. The van der Waals surface area contributed by atoms with Gasteiger partial charge in [-0.15, -0.1) is 11.3 Å². The van der Waals surface area contributed by atoms with Crippen LogP contribution in [-0.4, -0.2) is 14.5 Å². The molecule has 3 aromatic heterocycles. The third-order valence-corrected chi connectivity index (χ3v) is 7.34. The van der Waals surface area contributed by atoms with Crippen molar-refractivity contribution in [1.82, 2.24) is 14.5 Å². The number of H-pyrrole nitrogens is 2. The predicted molar refractivity (Wildman–Crippen MR) is 133 cm³/mol. The topological polar surface area (TPSA) is 127 Å². The summed E-state index contributed by atoms with van der Waals surface area (Å²) in [4.78, 5) is 19.8. The number of thiazole rings is 1. The molecule has 5 aromatic rings. The van der Waals surface area contributed by atoms with E-state index >= 15 is 0 Å². The largest absolute Gasteiger partial charge is 0.384 e. The lowest BCUT2D eigenvalue weighted by Gasteiger charge is -2.21. The summed E-state index contributed by atoms with van der Waals surface area (Å²) in [6.45, 7) is 0. The maximum atomic E-state index is 13.4. The highest BCUT2D eigenvalue weighted by molar-refractivity contribution is 7.07. The van der Waals surface area contributed by atoms with Crippen LogP contribution in [0.4, 0.5) is 0 Å². The smallest absolute Gasteiger partial charge is 0.274 e. The molecule has 1 aliphatic rings. The van der Waals surface area contributed by atoms with E-state index in [4.69, 9.17) is 5.73 Å². The van der Waals surface area contributed by atoms with Gasteiger partial charge in [0.1, 0.15) is 10.5 Å². The van der Waals surface area contributed by atoms with Crippen molar-refractivity contribution in [3.63, 3.8) is 0 Å². The van der Waals surface area contributed by atoms with Crippen molar-refractivity contribution >= 4 is 50.6 Å². The maximum Gasteiger partial charge on any atom is 0.274 e. The lowest BCUT2D eigenvalue weighted by molar-refractivity contribution is 0.909. The summed E-state index contributed by atoms with van der Waals surface area (Å²) in [6.07, 6.45) is 5.45. The summed E-state index contributed by atoms with van der Waals surface area (Å²) >= 11 is 1.21. The van der Waals surface area contributed by atoms with E-state index in [2.05, 4.69) is 22.1 Å². The second-order valence-electron chi connectivity index (χ2n) is 8.00. The third kappa shape index (κ3) is 2.70. The van der Waals surface area contributed by atoms with Crippen LogP contribution in [0.25, 0.3) is 39.3 Å². The molecule has 4 heterocycles. The van der Waals surface area contributed by atoms with Gasteiger partial charge in [0.2, 0.25) is 0 Å². The second-order valence-corrected chi connectivity index (χ2v) is 9.04. The van der Waals surface area contributed by atoms with Gasteiger partial charge in [-0.25, -0.2) is 0 Å². The fourth-order valence-electron chi connectivity index (χ4n) is 4.65. The maximum absolute atomic E-state index is 13.4. The highest BCUT2D eigenvalue weighted by Crippen LogP contribution is 2.38. The number of fused-ring (bicyclic) bond motifs is 3. The Labute approximate surface area is 196 Å². The number of aromatic nitrogens is 3. The van der Waals surface area contributed by atoms with Gasteiger partial charge >= 0.3 is 0 Å². The van der Waals surface area contributed by atoms with Gasteiger partial charge in [-0.2, -0.15) is 10.5 Å². The zero-order chi connectivity index (χ0) is 23.4. The monoisotopic (exact) mass is 460 g/mol. The number of benzene rings is 2. The minimum Gasteiger partial charge on any atom is -0.384 e. The lowest BCUT2D eigenvalue weighted by atomic mass is 9.84. The van der Waals surface area contributed by atoms with E-state index < -0.39 is 5.92 Å². The zero-order valence-electron chi connectivity index (χ0n) is 17.7. The van der Waals surface area contributed by atoms with Gasteiger partial charge in [0.25, 0.3) is 5.56 Å². The first-order chi connectivity index (χ1) is 16.6. The van der Waals surface area contributed by atoms with Crippen molar-refractivity contribution < 1.29 is 0 Å². The van der Waals surface area contributed by atoms with Gasteiger partial charge in [-0.05, 0) is 23.8 Å². The number of nitrogens with zero attached hydrogens (tertiary/aromatic N) is 3. The molecule has 0 bridgehead atoms. The number of allylic oxidation sites excluding steroid dienone is 1. The van der Waals surface area contributed by atoms with Crippen LogP contribution in [0.1, 0.15) is 17.0 Å². The molecule has 0 spiro atoms. The quantitative estimate of drug-likeness (QED) is 0.374. The van der Waals surface area contributed by atoms with Gasteiger partial charge < -0.3 is 15.7 Å². The fraction of sp³-hybridized carbons (Fsp3) is 0.0385. The molecule has 0 amide bonds. The normalized spacial score (nSPS) is 16.1. The minimum atomic E-state index is -0.662. The van der Waals surface area contributed by atoms with Crippen LogP contribution in [0, 0.1) is 22.7 Å². The molecule has 6 rings (SSSR count). The van der Waals surface area contributed by atoms with Gasteiger partial charge in [0, 0.05) is 39.8 Å². The van der Waals surface area contributed by atoms with E-state index in [0.717, 1.165) is 32.9 Å². The number of hydrogen-bond acceptors (Lipinski definition) is 5. The van der Waals surface area contributed by atoms with E-state index in [1.807, 2.05) is 54.7 Å². The number of hydrogen-bond donors (Lipinski definition) is 3. The van der Waals surface area contributed by atoms with E-state index in [-0.39, 0.29) is 17.0 Å². The summed E-state index contributed by atoms with van der Waals surface area (Å²) in [6, 6.07) is 19.9. The number of rotatable bonds is 2. The Morgan fingerprint density at radius 1 is 0.941 bits per heavy atom. The van der Waals surface area contributed by atoms with E-state index in [1.165, 1.54) is 15.9 Å². The van der Waals surface area contributed by atoms with Crippen molar-refractivity contribution in [2.75, 3.05) is 0 Å². The molecule has 8 heteroatoms. The number of nitrogens with two attached hydrogens (primary N) is 1. The lowest BCUT2D eigenvalue weighted by Crippen LogP contribution is -2.38. The second kappa shape index (κ2) is 7.38. The minimum absolute atomic E-state index is 0.0617. The summed E-state index contributed by atoms with van der Waals surface area (Å²) in [5, 5.41) is 22.1. The van der Waals surface area contributed by atoms with Gasteiger partial charge in [0.05, 0.1) is 33.7 Å². The number of nitriles is 2. The molecule has 0 saturated heterocycles. The predicted octanol–water partition coefficient (Wildman–Crippen LogP) is 2.82. The summed E-state index contributed by atoms with van der Waals surface area (Å²) in [5.74, 6) is -0.600. The number of nitrogens with one attached hydrogen (secondary N) is 2. The molecule has 1 unspecified atom stereocenters. The first-order valence-electron chi connectivity index (χ1n) is 10.5. The zero-order valence-corrected chi connectivity index (χ0v) is 18.5. The Morgan fingerprint density at radius 3 is 2.32 bits per heavy atom. The molecule has 1 atom stereocenters. The van der Waals surface area contributed by atoms with Crippen molar-refractivity contribution in [1.29, 1.82) is 10.5 Å². The summed E-state index contributed by atoms with van der Waals surface area (Å²) < 4.78 is 2.19. The fourth-order valence-corrected chi connectivity index (χ4v) is 5.77. The first-order valence-corrected chi connectivity index (χ1v) is 11.3. The summed E-state index contributed by atoms with van der Waals surface area (Å²) in [7, 11) is 0. The van der Waals surface area contributed by atoms with Crippen molar-refractivity contribution in [2.24, 2.45) is 5.73 Å². The van der Waals surface area contributed by atoms with Crippen molar-refractivity contribution in [3.05, 3.63) is 97.2 Å². The van der Waals surface area contributed by atoms with Crippen molar-refractivity contribution in [3.8, 4) is 12.1 Å². The molecule has 0 radical (unpaired) electrons. The third-order valence-electron chi connectivity index (χ3n) is 6.23. The SMILES string of the molecule is N#CC1=C(N)n2c(s/c(=C\c3c[nH]c4ccccc34)c2=O)=C(C#N)C1c1c[nH]c2ccccc12. The summed E-state index contributed by atoms with van der Waals surface area (Å²) in [5.41, 5.74) is 10.1. The molecule has 0 aliphatic carbocycles. The number of aromatic amines is 2. The van der Waals surface area contributed by atoms with Crippen LogP contribution in [-0.2, 0) is 0 Å². The average Bonchev–Trinajstić information content (AvgIpc) is 3.55. The Kier molecular flexibility index (Phi) is 4.31. The highest BCUT2D eigenvalue weighted by atomic mass is 32.1. The molecule has 34 heavy (non-hydrogen) atoms. The Balaban J connectivity index is 1.67. The Morgan fingerprint density at radius 2 is 1.59 bits per heavy atom. The van der Waals surface area contributed by atoms with E-state index in [1.54, 1.807) is 12.3 Å². The van der Waals surface area contributed by atoms with E-state index in [0.29, 0.717) is 14.8 Å². The molecular weight excluding hydrogens is 444 g/mol. The number of para-hydroxylation sites is 2. The molecule has 4 N–H and O–H groups in total. The Bertz CT molecular complexity index is 1930. The molecule has 2 aromatic carbocycles. The van der Waals surface area contributed by atoms with Gasteiger partial charge in [-0.1, -0.05) is 36.4 Å². The Hall–Kier alpha value is -4.79. The van der Waals surface area contributed by atoms with Crippen LogP contribution in [0.15, 0.2) is 71.3 Å². The van der Waals surface area contributed by atoms with E-state index in [9.17, 15) is 15.3 Å². The molecule has 1 aliphatic heterocycles. The van der Waals surface area contributed by atoms with Crippen LogP contribution in [0.2, 0.25) is 0 Å². The first kappa shape index (κ1) is 19.9. The average molecular weight is 461 g/mol. The van der Waals surface area contributed by atoms with Crippen molar-refractivity contribution in [2.45, 2.75) is 5.92 Å². The molecular formula is C26H16N6OS. The molecule has 7 nitrogen and oxygen atoms in total. The molecule has 0 fully saturated rings. The van der Waals surface area contributed by atoms with Gasteiger partial charge in [-0.3, -0.25) is 9.36 Å². The van der Waals surface area contributed by atoms with Crippen LogP contribution in [0.3, 0.4) is 0 Å². The van der Waals surface area contributed by atoms with Crippen LogP contribution < -0.4 is 20.5 Å². The van der Waals surface area contributed by atoms with Crippen LogP contribution >= 0.6 is 11.3 Å². The highest BCUT2D eigenvalue weighted by Gasteiger charge is 2.33. The molecule has 162 valence electrons. The standard InChI is InChI=1S/C26H16N6OS/c27-10-17-23(19-13-31-21-8-4-2-6-16(19)21)18(11-28)26-32(24(17)29)25(33)22(34-26)9-14-12-30-20-7-3-1-5-15(14)20/h1-9,12-13,23,30-31H,29H2/b22-9-. The van der Waals surface area contributed by atoms with Gasteiger partial charge in [0.15, 0.2) is 0 Å².